The molecule has 18 heavy (non-hydrogen) atoms. The van der Waals surface area contributed by atoms with Crippen molar-refractivity contribution in [2.24, 2.45) is 11.8 Å². The Bertz CT molecular complexity index is 321. The van der Waals surface area contributed by atoms with Gasteiger partial charge in [0, 0.05) is 12.6 Å². The molecule has 2 heterocycles. The number of hydrogen-bond donors (Lipinski definition) is 2. The first-order valence-electron chi connectivity index (χ1n) is 6.15. The van der Waals surface area contributed by atoms with Crippen LogP contribution in [0.5, 0.6) is 0 Å². The second kappa shape index (κ2) is 5.05. The Morgan fingerprint density at radius 3 is 2.78 bits per heavy atom. The summed E-state index contributed by atoms with van der Waals surface area (Å²) in [5.41, 5.74) is 0. The van der Waals surface area contributed by atoms with Crippen LogP contribution < -0.4 is 10.6 Å². The summed E-state index contributed by atoms with van der Waals surface area (Å²) in [5.74, 6) is 0.489. The Labute approximate surface area is 104 Å². The third-order valence-electron chi connectivity index (χ3n) is 3.89. The van der Waals surface area contributed by atoms with Crippen molar-refractivity contribution >= 4 is 5.91 Å². The molecule has 7 heteroatoms. The van der Waals surface area contributed by atoms with E-state index in [1.807, 2.05) is 17.1 Å². The molecular formula is C11H18F3N3O. The molecule has 0 aromatic heterocycles. The summed E-state index contributed by atoms with van der Waals surface area (Å²) in [4.78, 5) is 13.4. The zero-order valence-electron chi connectivity index (χ0n) is 10.3. The van der Waals surface area contributed by atoms with Crippen molar-refractivity contribution in [3.05, 3.63) is 0 Å². The van der Waals surface area contributed by atoms with Crippen molar-refractivity contribution in [2.75, 3.05) is 32.7 Å². The van der Waals surface area contributed by atoms with Gasteiger partial charge in [-0.15, -0.1) is 0 Å². The molecule has 2 fully saturated rings. The summed E-state index contributed by atoms with van der Waals surface area (Å²) < 4.78 is 35.9. The molecule has 2 aliphatic heterocycles. The van der Waals surface area contributed by atoms with Gasteiger partial charge in [-0.25, -0.2) is 0 Å². The van der Waals surface area contributed by atoms with Gasteiger partial charge in [-0.2, -0.15) is 13.2 Å². The SMILES string of the molecule is CC1C2CNCC2CN1CC(=O)NCC(F)(F)F. The molecule has 0 aromatic carbocycles. The van der Waals surface area contributed by atoms with E-state index >= 15 is 0 Å². The zero-order valence-corrected chi connectivity index (χ0v) is 10.3. The van der Waals surface area contributed by atoms with Gasteiger partial charge in [0.25, 0.3) is 0 Å². The van der Waals surface area contributed by atoms with E-state index in [4.69, 9.17) is 0 Å². The third-order valence-corrected chi connectivity index (χ3v) is 3.89. The molecule has 0 saturated carbocycles. The van der Waals surface area contributed by atoms with Gasteiger partial charge >= 0.3 is 6.18 Å². The van der Waals surface area contributed by atoms with Crippen LogP contribution in [0.15, 0.2) is 0 Å². The number of amides is 1. The second-order valence-electron chi connectivity index (χ2n) is 5.14. The van der Waals surface area contributed by atoms with E-state index in [0.29, 0.717) is 11.8 Å². The van der Waals surface area contributed by atoms with E-state index in [9.17, 15) is 18.0 Å². The molecule has 0 aliphatic carbocycles. The van der Waals surface area contributed by atoms with Gasteiger partial charge in [-0.3, -0.25) is 9.69 Å². The lowest BCUT2D eigenvalue weighted by Crippen LogP contribution is -2.43. The highest BCUT2D eigenvalue weighted by Crippen LogP contribution is 2.31. The predicted octanol–water partition coefficient (Wildman–Crippen LogP) is 0.205. The molecule has 4 nitrogen and oxygen atoms in total. The Kier molecular flexibility index (Phi) is 3.82. The van der Waals surface area contributed by atoms with Crippen molar-refractivity contribution in [3.63, 3.8) is 0 Å². The summed E-state index contributed by atoms with van der Waals surface area (Å²) in [7, 11) is 0. The first kappa shape index (κ1) is 13.6. The molecule has 1 amide bonds. The minimum Gasteiger partial charge on any atom is -0.346 e. The van der Waals surface area contributed by atoms with E-state index in [1.165, 1.54) is 0 Å². The van der Waals surface area contributed by atoms with Crippen LogP contribution in [0.2, 0.25) is 0 Å². The fourth-order valence-electron chi connectivity index (χ4n) is 2.90. The summed E-state index contributed by atoms with van der Waals surface area (Å²) in [6.45, 7) is 3.52. The number of likely N-dealkylation sites (tertiary alicyclic amines) is 1. The van der Waals surface area contributed by atoms with E-state index in [2.05, 4.69) is 5.32 Å². The highest BCUT2D eigenvalue weighted by Gasteiger charge is 2.42. The molecule has 0 bridgehead atoms. The van der Waals surface area contributed by atoms with Crippen molar-refractivity contribution in [1.82, 2.24) is 15.5 Å². The number of nitrogens with zero attached hydrogens (tertiary/aromatic N) is 1. The van der Waals surface area contributed by atoms with Gasteiger partial charge in [-0.1, -0.05) is 0 Å². The van der Waals surface area contributed by atoms with Crippen LogP contribution in [0.4, 0.5) is 13.2 Å². The number of fused-ring (bicyclic) bond motifs is 1. The molecule has 3 atom stereocenters. The Morgan fingerprint density at radius 2 is 2.17 bits per heavy atom. The summed E-state index contributed by atoms with van der Waals surface area (Å²) in [6, 6.07) is 0.252. The summed E-state index contributed by atoms with van der Waals surface area (Å²) in [6.07, 6.45) is -4.34. The molecular weight excluding hydrogens is 247 g/mol. The fraction of sp³-hybridized carbons (Fsp3) is 0.909. The third kappa shape index (κ3) is 3.14. The molecule has 2 rings (SSSR count). The number of carbonyl (C=O) groups is 1. The van der Waals surface area contributed by atoms with Crippen LogP contribution >= 0.6 is 0 Å². The van der Waals surface area contributed by atoms with Gasteiger partial charge in [-0.05, 0) is 31.8 Å². The number of hydrogen-bond acceptors (Lipinski definition) is 3. The largest absolute Gasteiger partial charge is 0.405 e. The highest BCUT2D eigenvalue weighted by atomic mass is 19.4. The van der Waals surface area contributed by atoms with Crippen LogP contribution in [0.3, 0.4) is 0 Å². The number of halogens is 3. The second-order valence-corrected chi connectivity index (χ2v) is 5.14. The molecule has 2 saturated heterocycles. The number of rotatable bonds is 3. The smallest absolute Gasteiger partial charge is 0.346 e. The minimum absolute atomic E-state index is 0.0598. The molecule has 0 radical (unpaired) electrons. The van der Waals surface area contributed by atoms with E-state index in [-0.39, 0.29) is 12.6 Å². The first-order chi connectivity index (χ1) is 8.37. The Balaban J connectivity index is 1.78. The number of carbonyl (C=O) groups excluding carboxylic acids is 1. The first-order valence-corrected chi connectivity index (χ1v) is 6.15. The van der Waals surface area contributed by atoms with Gasteiger partial charge in [0.15, 0.2) is 0 Å². The maximum absolute atomic E-state index is 12.0. The van der Waals surface area contributed by atoms with Crippen molar-refractivity contribution < 1.29 is 18.0 Å². The van der Waals surface area contributed by atoms with Crippen LogP contribution in [0.1, 0.15) is 6.92 Å². The molecule has 0 spiro atoms. The quantitative estimate of drug-likeness (QED) is 0.766. The molecule has 0 aromatic rings. The molecule has 2 N–H and O–H groups in total. The Hall–Kier alpha value is -0.820. The van der Waals surface area contributed by atoms with Crippen LogP contribution in [-0.2, 0) is 4.79 Å². The molecule has 104 valence electrons. The average Bonchev–Trinajstić information content (AvgIpc) is 2.80. The van der Waals surface area contributed by atoms with Gasteiger partial charge in [0.2, 0.25) is 5.91 Å². The van der Waals surface area contributed by atoms with Crippen LogP contribution in [0.25, 0.3) is 0 Å². The summed E-state index contributed by atoms with van der Waals surface area (Å²) >= 11 is 0. The lowest BCUT2D eigenvalue weighted by Gasteiger charge is -2.23. The average molecular weight is 265 g/mol. The molecule has 2 aliphatic rings. The van der Waals surface area contributed by atoms with Gasteiger partial charge < -0.3 is 10.6 Å². The standard InChI is InChI=1S/C11H18F3N3O/c1-7-9-3-15-2-8(9)4-17(7)5-10(18)16-6-11(12,13)14/h7-9,15H,2-6H2,1H3,(H,16,18). The Morgan fingerprint density at radius 1 is 1.44 bits per heavy atom. The number of nitrogens with one attached hydrogen (secondary N) is 2. The van der Waals surface area contributed by atoms with Gasteiger partial charge in [0.1, 0.15) is 6.54 Å². The lowest BCUT2D eigenvalue weighted by atomic mass is 9.95. The lowest BCUT2D eigenvalue weighted by molar-refractivity contribution is -0.139. The maximum atomic E-state index is 12.0. The predicted molar refractivity (Wildman–Crippen MR) is 59.9 cm³/mol. The van der Waals surface area contributed by atoms with Gasteiger partial charge in [0.05, 0.1) is 6.54 Å². The van der Waals surface area contributed by atoms with Crippen molar-refractivity contribution in [1.29, 1.82) is 0 Å². The monoisotopic (exact) mass is 265 g/mol. The number of alkyl halides is 3. The maximum Gasteiger partial charge on any atom is 0.405 e. The fourth-order valence-corrected chi connectivity index (χ4v) is 2.90. The highest BCUT2D eigenvalue weighted by molar-refractivity contribution is 5.78. The van der Waals surface area contributed by atoms with Crippen molar-refractivity contribution in [3.8, 4) is 0 Å². The topological polar surface area (TPSA) is 44.4 Å². The molecule has 3 unspecified atom stereocenters. The zero-order chi connectivity index (χ0) is 13.3. The van der Waals surface area contributed by atoms with E-state index in [0.717, 1.165) is 19.6 Å². The van der Waals surface area contributed by atoms with Crippen molar-refractivity contribution in [2.45, 2.75) is 19.1 Å². The minimum atomic E-state index is -4.34. The van der Waals surface area contributed by atoms with Crippen LogP contribution in [-0.4, -0.2) is 55.7 Å². The van der Waals surface area contributed by atoms with E-state index < -0.39 is 18.6 Å². The summed E-state index contributed by atoms with van der Waals surface area (Å²) in [5, 5.41) is 5.21. The van der Waals surface area contributed by atoms with Crippen LogP contribution in [0, 0.1) is 11.8 Å². The van der Waals surface area contributed by atoms with E-state index in [1.54, 1.807) is 0 Å². The normalized spacial score (nSPS) is 32.6.